The van der Waals surface area contributed by atoms with Gasteiger partial charge >= 0.3 is 0 Å². The zero-order chi connectivity index (χ0) is 20.9. The van der Waals surface area contributed by atoms with Crippen LogP contribution in [-0.2, 0) is 4.74 Å². The van der Waals surface area contributed by atoms with E-state index in [0.29, 0.717) is 60.4 Å². The fourth-order valence-electron chi connectivity index (χ4n) is 3.50. The zero-order valence-electron chi connectivity index (χ0n) is 16.8. The Kier molecular flexibility index (Phi) is 6.35. The maximum atomic E-state index is 13.0. The quantitative estimate of drug-likeness (QED) is 0.461. The molecule has 8 heteroatoms. The summed E-state index contributed by atoms with van der Waals surface area (Å²) in [6.45, 7) is 2.44. The van der Waals surface area contributed by atoms with Crippen LogP contribution in [-0.4, -0.2) is 59.9 Å². The molecular formula is C22H24N4O3S. The highest BCUT2D eigenvalue weighted by molar-refractivity contribution is 7.98. The summed E-state index contributed by atoms with van der Waals surface area (Å²) in [5.74, 6) is 0.543. The van der Waals surface area contributed by atoms with Crippen LogP contribution in [0, 0.1) is 5.41 Å². The number of benzene rings is 1. The Morgan fingerprint density at radius 2 is 2.13 bits per heavy atom. The lowest BCUT2D eigenvalue weighted by atomic mass is 10.0. The third kappa shape index (κ3) is 4.20. The summed E-state index contributed by atoms with van der Waals surface area (Å²) in [5.41, 5.74) is 3.45. The van der Waals surface area contributed by atoms with Gasteiger partial charge in [-0.2, -0.15) is 0 Å². The van der Waals surface area contributed by atoms with Crippen molar-refractivity contribution in [3.05, 3.63) is 59.6 Å². The maximum absolute atomic E-state index is 13.0. The van der Waals surface area contributed by atoms with Gasteiger partial charge in [0.1, 0.15) is 17.5 Å². The Labute approximate surface area is 179 Å². The second-order valence-electron chi connectivity index (χ2n) is 7.00. The van der Waals surface area contributed by atoms with Gasteiger partial charge in [-0.1, -0.05) is 18.2 Å². The molecule has 1 aromatic carbocycles. The average Bonchev–Trinajstić information content (AvgIpc) is 3.02. The number of anilines is 1. The Bertz CT molecular complexity index is 1060. The topological polar surface area (TPSA) is 91.5 Å². The number of nitrogens with one attached hydrogen (secondary N) is 2. The predicted molar refractivity (Wildman–Crippen MR) is 120 cm³/mol. The maximum Gasteiger partial charge on any atom is 0.272 e. The molecule has 0 saturated carbocycles. The molecular weight excluding hydrogens is 400 g/mol. The number of nitrogens with zero attached hydrogens (tertiary/aromatic N) is 2. The van der Waals surface area contributed by atoms with Gasteiger partial charge in [0, 0.05) is 48.1 Å². The molecule has 7 nitrogen and oxygen atoms in total. The normalized spacial score (nSPS) is 14.5. The van der Waals surface area contributed by atoms with Crippen molar-refractivity contribution in [1.82, 2.24) is 9.88 Å². The Morgan fingerprint density at radius 3 is 3.00 bits per heavy atom. The van der Waals surface area contributed by atoms with E-state index in [4.69, 9.17) is 14.6 Å². The van der Waals surface area contributed by atoms with E-state index in [1.165, 1.54) is 0 Å². The molecule has 1 aliphatic heterocycles. The summed E-state index contributed by atoms with van der Waals surface area (Å²) in [7, 11) is 0. The molecule has 3 heterocycles. The van der Waals surface area contributed by atoms with Gasteiger partial charge in [0.15, 0.2) is 0 Å². The minimum absolute atomic E-state index is 0.112. The number of fused-ring (bicyclic) bond motifs is 1. The summed E-state index contributed by atoms with van der Waals surface area (Å²) in [6.07, 6.45) is 6.02. The molecule has 3 aromatic rings. The van der Waals surface area contributed by atoms with Crippen LogP contribution in [0.25, 0.3) is 11.0 Å². The van der Waals surface area contributed by atoms with Crippen LogP contribution < -0.4 is 5.32 Å². The summed E-state index contributed by atoms with van der Waals surface area (Å²) in [6, 6.07) is 9.39. The van der Waals surface area contributed by atoms with E-state index in [-0.39, 0.29) is 5.91 Å². The van der Waals surface area contributed by atoms with Gasteiger partial charge < -0.3 is 19.4 Å². The van der Waals surface area contributed by atoms with E-state index in [0.717, 1.165) is 17.4 Å². The first-order valence-electron chi connectivity index (χ1n) is 9.84. The largest absolute Gasteiger partial charge is 0.464 e. The van der Waals surface area contributed by atoms with Crippen molar-refractivity contribution in [3.8, 4) is 0 Å². The Balaban J connectivity index is 1.67. The molecule has 4 rings (SSSR count). The highest BCUT2D eigenvalue weighted by Crippen LogP contribution is 2.27. The van der Waals surface area contributed by atoms with Gasteiger partial charge in [-0.25, -0.2) is 0 Å². The minimum atomic E-state index is -0.112. The number of amides is 1. The minimum Gasteiger partial charge on any atom is -0.464 e. The van der Waals surface area contributed by atoms with Crippen molar-refractivity contribution in [1.29, 1.82) is 5.41 Å². The Morgan fingerprint density at radius 1 is 1.27 bits per heavy atom. The third-order valence-electron chi connectivity index (χ3n) is 5.06. The van der Waals surface area contributed by atoms with Gasteiger partial charge in [0.2, 0.25) is 0 Å². The van der Waals surface area contributed by atoms with Crippen molar-refractivity contribution in [2.75, 3.05) is 43.8 Å². The second kappa shape index (κ2) is 9.32. The predicted octanol–water partition coefficient (Wildman–Crippen LogP) is 3.84. The first kappa shape index (κ1) is 20.4. The number of furan rings is 1. The molecule has 0 radical (unpaired) electrons. The molecule has 2 aromatic heterocycles. The lowest BCUT2D eigenvalue weighted by molar-refractivity contribution is 0.0735. The van der Waals surface area contributed by atoms with Gasteiger partial charge in [0.25, 0.3) is 5.91 Å². The van der Waals surface area contributed by atoms with Crippen molar-refractivity contribution in [2.24, 2.45) is 0 Å². The van der Waals surface area contributed by atoms with E-state index in [2.05, 4.69) is 10.3 Å². The lowest BCUT2D eigenvalue weighted by Crippen LogP contribution is -2.33. The van der Waals surface area contributed by atoms with E-state index in [1.807, 2.05) is 30.5 Å². The molecule has 0 bridgehead atoms. The monoisotopic (exact) mass is 424 g/mol. The number of rotatable bonds is 6. The molecule has 1 fully saturated rings. The van der Waals surface area contributed by atoms with Gasteiger partial charge in [-0.15, -0.1) is 11.8 Å². The number of thioether (sulfide) groups is 1. The van der Waals surface area contributed by atoms with Gasteiger partial charge in [-0.3, -0.25) is 15.2 Å². The SMILES string of the molecule is CSCNc1cc(C(=O)N2CCCOCC2)ncc1C(=N)c1coc2ccccc12. The number of ether oxygens (including phenoxy) is 1. The standard InChI is InChI=1S/C22H24N4O3S/c1-30-14-25-18-11-19(22(27)26-7-4-9-28-10-8-26)24-12-16(18)21(23)17-13-29-20-6-3-2-5-15(17)20/h2-3,5-6,11-13,23H,4,7-10,14H2,1H3,(H,24,25). The first-order chi connectivity index (χ1) is 14.7. The highest BCUT2D eigenvalue weighted by Gasteiger charge is 2.22. The molecule has 156 valence electrons. The molecule has 1 aliphatic rings. The number of hydrogen-bond donors (Lipinski definition) is 2. The number of pyridine rings is 1. The van der Waals surface area contributed by atoms with Gasteiger partial charge in [-0.05, 0) is 24.8 Å². The van der Waals surface area contributed by atoms with Crippen LogP contribution in [0.5, 0.6) is 0 Å². The summed E-state index contributed by atoms with van der Waals surface area (Å²) < 4.78 is 11.1. The van der Waals surface area contributed by atoms with Crippen molar-refractivity contribution >= 4 is 40.0 Å². The van der Waals surface area contributed by atoms with Crippen molar-refractivity contribution in [2.45, 2.75) is 6.42 Å². The lowest BCUT2D eigenvalue weighted by Gasteiger charge is -2.20. The second-order valence-corrected chi connectivity index (χ2v) is 7.87. The zero-order valence-corrected chi connectivity index (χ0v) is 17.6. The molecule has 0 unspecified atom stereocenters. The molecule has 30 heavy (non-hydrogen) atoms. The van der Waals surface area contributed by atoms with E-state index in [1.54, 1.807) is 35.2 Å². The van der Waals surface area contributed by atoms with E-state index >= 15 is 0 Å². The number of carbonyl (C=O) groups excluding carboxylic acids is 1. The summed E-state index contributed by atoms with van der Waals surface area (Å²) >= 11 is 1.63. The van der Waals surface area contributed by atoms with Crippen LogP contribution in [0.2, 0.25) is 0 Å². The number of carbonyl (C=O) groups is 1. The number of para-hydroxylation sites is 1. The third-order valence-corrected chi connectivity index (χ3v) is 5.49. The first-order valence-corrected chi connectivity index (χ1v) is 11.2. The van der Waals surface area contributed by atoms with Crippen LogP contribution in [0.1, 0.15) is 28.0 Å². The van der Waals surface area contributed by atoms with Crippen LogP contribution in [0.3, 0.4) is 0 Å². The Hall–Kier alpha value is -2.84. The number of aromatic nitrogens is 1. The average molecular weight is 425 g/mol. The van der Waals surface area contributed by atoms with E-state index < -0.39 is 0 Å². The molecule has 1 amide bonds. The van der Waals surface area contributed by atoms with E-state index in [9.17, 15) is 4.79 Å². The fraction of sp³-hybridized carbons (Fsp3) is 0.318. The molecule has 0 atom stereocenters. The molecule has 1 saturated heterocycles. The van der Waals surface area contributed by atoms with Crippen LogP contribution >= 0.6 is 11.8 Å². The van der Waals surface area contributed by atoms with Crippen molar-refractivity contribution < 1.29 is 13.9 Å². The molecule has 2 N–H and O–H groups in total. The summed E-state index contributed by atoms with van der Waals surface area (Å²) in [5, 5.41) is 13.0. The molecule has 0 aliphatic carbocycles. The molecule has 0 spiro atoms. The fourth-order valence-corrected chi connectivity index (χ4v) is 3.80. The number of hydrogen-bond acceptors (Lipinski definition) is 7. The van der Waals surface area contributed by atoms with Gasteiger partial charge in [0.05, 0.1) is 18.2 Å². The smallest absolute Gasteiger partial charge is 0.272 e. The van der Waals surface area contributed by atoms with Crippen LogP contribution in [0.4, 0.5) is 5.69 Å². The highest BCUT2D eigenvalue weighted by atomic mass is 32.2. The van der Waals surface area contributed by atoms with Crippen molar-refractivity contribution in [3.63, 3.8) is 0 Å². The summed E-state index contributed by atoms with van der Waals surface area (Å²) in [4.78, 5) is 19.2. The van der Waals surface area contributed by atoms with Crippen LogP contribution in [0.15, 0.2) is 47.2 Å².